The summed E-state index contributed by atoms with van der Waals surface area (Å²) in [6, 6.07) is 5.51. The Labute approximate surface area is 151 Å². The van der Waals surface area contributed by atoms with Crippen LogP contribution in [0.2, 0.25) is 0 Å². The molecule has 0 unspecified atom stereocenters. The number of aromatic nitrogens is 1. The molecule has 0 radical (unpaired) electrons. The Hall–Kier alpha value is -2.23. The van der Waals surface area contributed by atoms with Crippen LogP contribution < -0.4 is 10.0 Å². The zero-order chi connectivity index (χ0) is 19.1. The van der Waals surface area contributed by atoms with E-state index in [1.807, 2.05) is 0 Å². The molecule has 7 nitrogen and oxygen atoms in total. The summed E-state index contributed by atoms with van der Waals surface area (Å²) in [5.74, 6) is -0.854. The number of nitrogens with zero attached hydrogens (tertiary/aromatic N) is 1. The summed E-state index contributed by atoms with van der Waals surface area (Å²) in [6.07, 6.45) is 1.37. The number of benzene rings is 1. The Morgan fingerprint density at radius 1 is 1.31 bits per heavy atom. The van der Waals surface area contributed by atoms with Gasteiger partial charge in [0.15, 0.2) is 0 Å². The molecule has 140 valence electrons. The highest BCUT2D eigenvalue weighted by Crippen LogP contribution is 2.22. The Bertz CT molecular complexity index is 964. The van der Waals surface area contributed by atoms with Crippen molar-refractivity contribution in [2.75, 3.05) is 18.5 Å². The van der Waals surface area contributed by atoms with Crippen LogP contribution in [0.1, 0.15) is 23.0 Å². The number of carbonyl (C=O) groups excluding carboxylic acids is 1. The van der Waals surface area contributed by atoms with Gasteiger partial charge in [0.1, 0.15) is 16.4 Å². The smallest absolute Gasteiger partial charge is 0.272 e. The normalized spacial score (nSPS) is 16.2. The number of sulfonamides is 1. The van der Waals surface area contributed by atoms with Crippen LogP contribution in [0.3, 0.4) is 0 Å². The summed E-state index contributed by atoms with van der Waals surface area (Å²) in [6.45, 7) is 3.95. The molecular formula is C17H20FN3O4S. The monoisotopic (exact) mass is 381 g/mol. The lowest BCUT2D eigenvalue weighted by Gasteiger charge is -2.38. The average molecular weight is 381 g/mol. The third-order valence-corrected chi connectivity index (χ3v) is 5.77. The van der Waals surface area contributed by atoms with Crippen molar-refractivity contribution in [3.63, 3.8) is 0 Å². The number of ether oxygens (including phenoxy) is 1. The van der Waals surface area contributed by atoms with Crippen LogP contribution in [0, 0.1) is 12.7 Å². The first-order valence-corrected chi connectivity index (χ1v) is 9.44. The van der Waals surface area contributed by atoms with Crippen LogP contribution in [-0.2, 0) is 21.8 Å². The van der Waals surface area contributed by atoms with Crippen LogP contribution in [0.15, 0.2) is 35.4 Å². The lowest BCUT2D eigenvalue weighted by atomic mass is 10.0. The average Bonchev–Trinajstić information content (AvgIpc) is 2.92. The van der Waals surface area contributed by atoms with Crippen LogP contribution in [0.25, 0.3) is 0 Å². The molecule has 1 fully saturated rings. The number of aryl methyl sites for hydroxylation is 2. The molecule has 1 amide bonds. The maximum absolute atomic E-state index is 13.3. The van der Waals surface area contributed by atoms with Gasteiger partial charge < -0.3 is 14.6 Å². The third kappa shape index (κ3) is 3.64. The molecule has 0 spiro atoms. The molecule has 1 aliphatic heterocycles. The first-order valence-electron chi connectivity index (χ1n) is 7.95. The highest BCUT2D eigenvalue weighted by atomic mass is 32.2. The van der Waals surface area contributed by atoms with E-state index in [-0.39, 0.29) is 16.4 Å². The minimum absolute atomic E-state index is 0.00596. The van der Waals surface area contributed by atoms with Gasteiger partial charge in [-0.25, -0.2) is 17.5 Å². The molecule has 9 heteroatoms. The predicted octanol–water partition coefficient (Wildman–Crippen LogP) is 1.79. The minimum Gasteiger partial charge on any atom is -0.377 e. The van der Waals surface area contributed by atoms with Crippen molar-refractivity contribution in [2.45, 2.75) is 24.3 Å². The molecule has 2 N–H and O–H groups in total. The number of halogens is 1. The van der Waals surface area contributed by atoms with Crippen LogP contribution in [0.4, 0.5) is 10.1 Å². The summed E-state index contributed by atoms with van der Waals surface area (Å²) in [5, 5.41) is 2.64. The molecule has 2 aromatic rings. The molecule has 2 heterocycles. The minimum atomic E-state index is -3.78. The largest absolute Gasteiger partial charge is 0.377 e. The maximum atomic E-state index is 13.3. The van der Waals surface area contributed by atoms with Crippen molar-refractivity contribution < 1.29 is 22.3 Å². The SMILES string of the molecule is Cc1cc(NC(=O)c2cc(S(=O)(=O)NC3(C)COC3)cn2C)ccc1F. The molecule has 0 saturated carbocycles. The molecule has 0 atom stereocenters. The molecule has 1 aromatic heterocycles. The highest BCUT2D eigenvalue weighted by molar-refractivity contribution is 7.89. The van der Waals surface area contributed by atoms with E-state index in [1.54, 1.807) is 20.9 Å². The number of rotatable bonds is 5. The maximum Gasteiger partial charge on any atom is 0.272 e. The summed E-state index contributed by atoms with van der Waals surface area (Å²) in [7, 11) is -2.20. The van der Waals surface area contributed by atoms with Gasteiger partial charge >= 0.3 is 0 Å². The van der Waals surface area contributed by atoms with Gasteiger partial charge in [-0.2, -0.15) is 0 Å². The van der Waals surface area contributed by atoms with E-state index in [9.17, 15) is 17.6 Å². The molecule has 0 bridgehead atoms. The van der Waals surface area contributed by atoms with Crippen LogP contribution in [0.5, 0.6) is 0 Å². The Kier molecular flexibility index (Phi) is 4.63. The van der Waals surface area contributed by atoms with E-state index in [1.165, 1.54) is 35.0 Å². The van der Waals surface area contributed by atoms with E-state index in [4.69, 9.17) is 4.74 Å². The van der Waals surface area contributed by atoms with E-state index in [2.05, 4.69) is 10.0 Å². The van der Waals surface area contributed by atoms with Crippen molar-refractivity contribution in [1.29, 1.82) is 0 Å². The molecule has 3 rings (SSSR count). The summed E-state index contributed by atoms with van der Waals surface area (Å²) in [5.41, 5.74) is 0.361. The fraction of sp³-hybridized carbons (Fsp3) is 0.353. The fourth-order valence-electron chi connectivity index (χ4n) is 2.67. The van der Waals surface area contributed by atoms with Crippen LogP contribution in [-0.4, -0.2) is 37.6 Å². The second-order valence-electron chi connectivity index (χ2n) is 6.75. The zero-order valence-corrected chi connectivity index (χ0v) is 15.5. The molecule has 0 aliphatic carbocycles. The first kappa shape index (κ1) is 18.6. The molecule has 1 saturated heterocycles. The van der Waals surface area contributed by atoms with E-state index >= 15 is 0 Å². The van der Waals surface area contributed by atoms with Gasteiger partial charge in [0.25, 0.3) is 5.91 Å². The Morgan fingerprint density at radius 2 is 2.00 bits per heavy atom. The van der Waals surface area contributed by atoms with E-state index < -0.39 is 21.5 Å². The molecule has 1 aromatic carbocycles. The van der Waals surface area contributed by atoms with Gasteiger partial charge in [-0.3, -0.25) is 4.79 Å². The van der Waals surface area contributed by atoms with Gasteiger partial charge in [-0.05, 0) is 43.7 Å². The zero-order valence-electron chi connectivity index (χ0n) is 14.7. The highest BCUT2D eigenvalue weighted by Gasteiger charge is 2.38. The van der Waals surface area contributed by atoms with Crippen LogP contribution >= 0.6 is 0 Å². The fourth-order valence-corrected chi connectivity index (χ4v) is 4.12. The number of hydrogen-bond donors (Lipinski definition) is 2. The molecule has 1 aliphatic rings. The number of anilines is 1. The lowest BCUT2D eigenvalue weighted by molar-refractivity contribution is -0.0523. The van der Waals surface area contributed by atoms with Crippen molar-refractivity contribution in [2.24, 2.45) is 7.05 Å². The van der Waals surface area contributed by atoms with Crippen molar-refractivity contribution in [1.82, 2.24) is 9.29 Å². The van der Waals surface area contributed by atoms with Gasteiger partial charge in [0.2, 0.25) is 10.0 Å². The Morgan fingerprint density at radius 3 is 2.58 bits per heavy atom. The predicted molar refractivity (Wildman–Crippen MR) is 94.0 cm³/mol. The summed E-state index contributed by atoms with van der Waals surface area (Å²) in [4.78, 5) is 12.5. The number of amides is 1. The second-order valence-corrected chi connectivity index (χ2v) is 8.43. The lowest BCUT2D eigenvalue weighted by Crippen LogP contribution is -2.59. The number of hydrogen-bond acceptors (Lipinski definition) is 4. The van der Waals surface area contributed by atoms with Gasteiger partial charge in [0, 0.05) is 18.9 Å². The van der Waals surface area contributed by atoms with Gasteiger partial charge in [-0.15, -0.1) is 0 Å². The van der Waals surface area contributed by atoms with Crippen molar-refractivity contribution >= 4 is 21.6 Å². The second kappa shape index (κ2) is 6.49. The van der Waals surface area contributed by atoms with E-state index in [0.717, 1.165) is 0 Å². The molecular weight excluding hydrogens is 361 g/mol. The number of nitrogens with one attached hydrogen (secondary N) is 2. The number of carbonyl (C=O) groups is 1. The summed E-state index contributed by atoms with van der Waals surface area (Å²) < 4.78 is 47.4. The van der Waals surface area contributed by atoms with E-state index in [0.29, 0.717) is 24.5 Å². The Balaban J connectivity index is 1.80. The van der Waals surface area contributed by atoms with Crippen molar-refractivity contribution in [3.8, 4) is 0 Å². The topological polar surface area (TPSA) is 89.4 Å². The third-order valence-electron chi connectivity index (χ3n) is 4.16. The van der Waals surface area contributed by atoms with Gasteiger partial charge in [-0.1, -0.05) is 0 Å². The molecule has 26 heavy (non-hydrogen) atoms. The van der Waals surface area contributed by atoms with Gasteiger partial charge in [0.05, 0.1) is 18.8 Å². The standard InChI is InChI=1S/C17H20FN3O4S/c1-11-6-12(4-5-14(11)18)19-16(22)15-7-13(8-21(15)3)26(23,24)20-17(2)9-25-10-17/h4-8,20H,9-10H2,1-3H3,(H,19,22). The quantitative estimate of drug-likeness (QED) is 0.826. The van der Waals surface area contributed by atoms with Crippen molar-refractivity contribution in [3.05, 3.63) is 47.5 Å². The first-order chi connectivity index (χ1) is 12.1. The summed E-state index contributed by atoms with van der Waals surface area (Å²) >= 11 is 0.